The van der Waals surface area contributed by atoms with Crippen molar-refractivity contribution < 1.29 is 33.0 Å². The van der Waals surface area contributed by atoms with Crippen molar-refractivity contribution >= 4 is 55.8 Å². The molecule has 0 aliphatic rings. The van der Waals surface area contributed by atoms with E-state index in [1.807, 2.05) is 0 Å². The van der Waals surface area contributed by atoms with E-state index in [9.17, 15) is 22.8 Å². The molecule has 0 unspecified atom stereocenters. The van der Waals surface area contributed by atoms with E-state index in [1.54, 1.807) is 13.0 Å². The Bertz CT molecular complexity index is 1150. The van der Waals surface area contributed by atoms with Crippen molar-refractivity contribution in [2.45, 2.75) is 43.5 Å². The lowest BCUT2D eigenvalue weighted by molar-refractivity contribution is -0.140. The monoisotopic (exact) mass is 517 g/mol. The van der Waals surface area contributed by atoms with Crippen LogP contribution in [0.2, 0.25) is 5.02 Å². The van der Waals surface area contributed by atoms with Crippen LogP contribution in [0, 0.1) is 6.92 Å². The number of anilines is 1. The predicted octanol–water partition coefficient (Wildman–Crippen LogP) is 2.80. The smallest absolute Gasteiger partial charge is 0.320 e. The minimum atomic E-state index is -3.51. The van der Waals surface area contributed by atoms with Gasteiger partial charge >= 0.3 is 11.9 Å². The Hall–Kier alpha value is -2.54. The van der Waals surface area contributed by atoms with E-state index in [2.05, 4.69) is 15.6 Å². The highest BCUT2D eigenvalue weighted by Crippen LogP contribution is 2.35. The van der Waals surface area contributed by atoms with Crippen LogP contribution in [0.4, 0.5) is 5.13 Å². The van der Waals surface area contributed by atoms with Crippen molar-refractivity contribution in [2.24, 2.45) is 0 Å². The Morgan fingerprint density at radius 2 is 1.91 bits per heavy atom. The third-order valence-corrected chi connectivity index (χ3v) is 7.25. The molecule has 4 N–H and O–H groups in total. The number of amides is 1. The van der Waals surface area contributed by atoms with Gasteiger partial charge in [-0.05, 0) is 44.0 Å². The van der Waals surface area contributed by atoms with Crippen molar-refractivity contribution in [1.82, 2.24) is 10.3 Å². The highest BCUT2D eigenvalue weighted by molar-refractivity contribution is 7.90. The van der Waals surface area contributed by atoms with E-state index < -0.39 is 27.8 Å². The maximum absolute atomic E-state index is 12.2. The van der Waals surface area contributed by atoms with E-state index in [-0.39, 0.29) is 41.6 Å². The zero-order valence-corrected chi connectivity index (χ0v) is 20.3. The van der Waals surface area contributed by atoms with Crippen molar-refractivity contribution in [3.8, 4) is 10.4 Å². The first-order valence-corrected chi connectivity index (χ1v) is 12.9. The minimum Gasteiger partial charge on any atom is -0.481 e. The van der Waals surface area contributed by atoms with Crippen LogP contribution in [0.3, 0.4) is 0 Å². The molecule has 33 heavy (non-hydrogen) atoms. The Morgan fingerprint density at radius 3 is 2.52 bits per heavy atom. The molecule has 1 heterocycles. The average molecular weight is 518 g/mol. The summed E-state index contributed by atoms with van der Waals surface area (Å²) >= 11 is 7.19. The number of sulfone groups is 1. The molecule has 0 aliphatic carbocycles. The number of carbonyl (C=O) groups is 3. The Balaban J connectivity index is 1.95. The fraction of sp³-hybridized carbons (Fsp3) is 0.400. The number of halogens is 1. The standard InChI is InChI=1S/C20H24ClN3O7S2/c1-11-18(12-5-6-13(21)15(10-12)33(2,30)31)32-20(23-11)24-16(25)4-3-9-22-14(19(28)29)7-8-17(26)27/h5-6,10,14,22H,3-4,7-9H2,1-2H3,(H,26,27)(H,28,29)(H,23,24,25)/t14-/m0/s1. The SMILES string of the molecule is Cc1nc(NC(=O)CCCN[C@@H](CCC(=O)O)C(=O)O)sc1-c1ccc(Cl)c(S(C)(=O)=O)c1. The molecule has 1 aromatic heterocycles. The number of carbonyl (C=O) groups excluding carboxylic acids is 1. The number of carboxylic acids is 2. The predicted molar refractivity (Wildman–Crippen MR) is 125 cm³/mol. The molecule has 2 aromatic rings. The number of aromatic nitrogens is 1. The topological polar surface area (TPSA) is 163 Å². The number of hydrogen-bond acceptors (Lipinski definition) is 8. The van der Waals surface area contributed by atoms with Gasteiger partial charge in [-0.2, -0.15) is 0 Å². The fourth-order valence-corrected chi connectivity index (χ4v) is 5.21. The number of aryl methyl sites for hydroxylation is 1. The lowest BCUT2D eigenvalue weighted by Crippen LogP contribution is -2.37. The lowest BCUT2D eigenvalue weighted by atomic mass is 10.1. The quantitative estimate of drug-likeness (QED) is 0.310. The molecule has 10 nitrogen and oxygen atoms in total. The van der Waals surface area contributed by atoms with Crippen molar-refractivity contribution in [3.05, 3.63) is 28.9 Å². The molecule has 0 aliphatic heterocycles. The van der Waals surface area contributed by atoms with E-state index in [4.69, 9.17) is 21.8 Å². The molecule has 13 heteroatoms. The highest BCUT2D eigenvalue weighted by atomic mass is 35.5. The van der Waals surface area contributed by atoms with Gasteiger partial charge in [0.1, 0.15) is 6.04 Å². The number of thiazole rings is 1. The van der Waals surface area contributed by atoms with Crippen LogP contribution in [0.15, 0.2) is 23.1 Å². The summed E-state index contributed by atoms with van der Waals surface area (Å²) in [5, 5.41) is 23.7. The van der Waals surface area contributed by atoms with Gasteiger partial charge in [-0.1, -0.05) is 29.0 Å². The number of rotatable bonds is 12. The molecule has 180 valence electrons. The molecular formula is C20H24ClN3O7S2. The molecule has 0 saturated carbocycles. The first-order chi connectivity index (χ1) is 15.4. The first-order valence-electron chi connectivity index (χ1n) is 9.83. The van der Waals surface area contributed by atoms with Crippen LogP contribution in [0.5, 0.6) is 0 Å². The zero-order valence-electron chi connectivity index (χ0n) is 17.9. The lowest BCUT2D eigenvalue weighted by Gasteiger charge is -2.13. The normalized spacial score (nSPS) is 12.3. The second-order valence-electron chi connectivity index (χ2n) is 7.28. The molecule has 0 fully saturated rings. The summed E-state index contributed by atoms with van der Waals surface area (Å²) in [6.07, 6.45) is 1.20. The Morgan fingerprint density at radius 1 is 1.21 bits per heavy atom. The third kappa shape index (κ3) is 8.07. The first kappa shape index (κ1) is 26.7. The van der Waals surface area contributed by atoms with Gasteiger partial charge < -0.3 is 20.8 Å². The summed E-state index contributed by atoms with van der Waals surface area (Å²) in [5.74, 6) is -2.54. The van der Waals surface area contributed by atoms with Crippen LogP contribution in [-0.4, -0.2) is 60.3 Å². The molecule has 1 amide bonds. The van der Waals surface area contributed by atoms with E-state index in [1.165, 1.54) is 23.5 Å². The van der Waals surface area contributed by atoms with Crippen molar-refractivity contribution in [2.75, 3.05) is 18.1 Å². The molecule has 2 rings (SSSR count). The van der Waals surface area contributed by atoms with E-state index in [0.717, 1.165) is 6.26 Å². The van der Waals surface area contributed by atoms with Crippen LogP contribution in [0.25, 0.3) is 10.4 Å². The number of benzene rings is 1. The second-order valence-corrected chi connectivity index (χ2v) is 10.7. The molecular weight excluding hydrogens is 494 g/mol. The Labute approximate surface area is 199 Å². The zero-order chi connectivity index (χ0) is 24.8. The third-order valence-electron chi connectivity index (χ3n) is 4.55. The van der Waals surface area contributed by atoms with Crippen LogP contribution in [0.1, 0.15) is 31.4 Å². The number of carboxylic acid groups (broad SMARTS) is 2. The van der Waals surface area contributed by atoms with Crippen LogP contribution >= 0.6 is 22.9 Å². The number of aliphatic carboxylic acids is 2. The van der Waals surface area contributed by atoms with Crippen LogP contribution < -0.4 is 10.6 Å². The summed E-state index contributed by atoms with van der Waals surface area (Å²) in [6.45, 7) is 1.97. The maximum Gasteiger partial charge on any atom is 0.320 e. The van der Waals surface area contributed by atoms with Crippen molar-refractivity contribution in [1.29, 1.82) is 0 Å². The minimum absolute atomic E-state index is 0.00979. The maximum atomic E-state index is 12.2. The summed E-state index contributed by atoms with van der Waals surface area (Å²) in [5.41, 5.74) is 1.22. The highest BCUT2D eigenvalue weighted by Gasteiger charge is 2.19. The van der Waals surface area contributed by atoms with Gasteiger partial charge in [0.2, 0.25) is 5.91 Å². The largest absolute Gasteiger partial charge is 0.481 e. The molecule has 0 spiro atoms. The van der Waals surface area contributed by atoms with Crippen molar-refractivity contribution in [3.63, 3.8) is 0 Å². The molecule has 0 saturated heterocycles. The van der Waals surface area contributed by atoms with E-state index in [0.29, 0.717) is 27.7 Å². The number of nitrogens with one attached hydrogen (secondary N) is 2. The van der Waals surface area contributed by atoms with Gasteiger partial charge in [-0.15, -0.1) is 0 Å². The van der Waals surface area contributed by atoms with Gasteiger partial charge in [0.15, 0.2) is 15.0 Å². The summed E-state index contributed by atoms with van der Waals surface area (Å²) in [6, 6.07) is 3.65. The molecule has 0 radical (unpaired) electrons. The van der Waals surface area contributed by atoms with Crippen LogP contribution in [-0.2, 0) is 24.2 Å². The number of hydrogen-bond donors (Lipinski definition) is 4. The van der Waals surface area contributed by atoms with Gasteiger partial charge in [-0.25, -0.2) is 13.4 Å². The van der Waals surface area contributed by atoms with Gasteiger partial charge in [-0.3, -0.25) is 14.4 Å². The van der Waals surface area contributed by atoms with Gasteiger partial charge in [0.25, 0.3) is 0 Å². The summed E-state index contributed by atoms with van der Waals surface area (Å²) in [4.78, 5) is 39.0. The summed E-state index contributed by atoms with van der Waals surface area (Å²) < 4.78 is 23.9. The average Bonchev–Trinajstić information content (AvgIpc) is 3.06. The Kier molecular flexibility index (Phi) is 9.35. The van der Waals surface area contributed by atoms with Gasteiger partial charge in [0.05, 0.1) is 20.5 Å². The molecule has 0 bridgehead atoms. The molecule has 1 aromatic carbocycles. The molecule has 1 atom stereocenters. The fourth-order valence-electron chi connectivity index (χ4n) is 2.93. The number of nitrogens with zero attached hydrogens (tertiary/aromatic N) is 1. The second kappa shape index (κ2) is 11.5. The van der Waals surface area contributed by atoms with Gasteiger partial charge in [0, 0.05) is 19.1 Å². The summed E-state index contributed by atoms with van der Waals surface area (Å²) in [7, 11) is -3.51. The van der Waals surface area contributed by atoms with E-state index >= 15 is 0 Å².